The first kappa shape index (κ1) is 12.2. The van der Waals surface area contributed by atoms with Gasteiger partial charge < -0.3 is 19.9 Å². The smallest absolute Gasteiger partial charge is 0.231 e. The number of fused-ring (bicyclic) bond motifs is 1. The minimum atomic E-state index is -0.455. The van der Waals surface area contributed by atoms with Gasteiger partial charge in [-0.25, -0.2) is 0 Å². The molecule has 1 heterocycles. The summed E-state index contributed by atoms with van der Waals surface area (Å²) in [6.45, 7) is 1.88. The lowest BCUT2D eigenvalue weighted by Gasteiger charge is -2.12. The van der Waals surface area contributed by atoms with Crippen molar-refractivity contribution in [3.8, 4) is 17.2 Å². The summed E-state index contributed by atoms with van der Waals surface area (Å²) in [6.07, 6.45) is 0.659. The van der Waals surface area contributed by atoms with Crippen molar-refractivity contribution >= 4 is 12.2 Å². The number of carbonyl (C=O) groups excluding carboxylic acids is 2. The molecule has 0 spiro atoms. The third kappa shape index (κ3) is 2.37. The van der Waals surface area contributed by atoms with Gasteiger partial charge in [-0.3, -0.25) is 9.59 Å². The van der Waals surface area contributed by atoms with Gasteiger partial charge >= 0.3 is 0 Å². The van der Waals surface area contributed by atoms with Crippen LogP contribution in [-0.4, -0.2) is 25.6 Å². The maximum atomic E-state index is 10.9. The molecule has 6 nitrogen and oxygen atoms in total. The van der Waals surface area contributed by atoms with E-state index in [1.165, 1.54) is 0 Å². The van der Waals surface area contributed by atoms with Crippen LogP contribution in [0.4, 0.5) is 0 Å². The number of nitrogens with two attached hydrogens (primary N) is 1. The Morgan fingerprint density at radius 1 is 1.50 bits per heavy atom. The molecule has 1 atom stereocenters. The van der Waals surface area contributed by atoms with Crippen molar-refractivity contribution < 1.29 is 23.8 Å². The van der Waals surface area contributed by atoms with Crippen molar-refractivity contribution in [1.29, 1.82) is 0 Å². The van der Waals surface area contributed by atoms with Crippen LogP contribution in [0, 0.1) is 5.92 Å². The van der Waals surface area contributed by atoms with Crippen molar-refractivity contribution in [2.75, 3.05) is 13.4 Å². The summed E-state index contributed by atoms with van der Waals surface area (Å²) in [5, 5.41) is 0. The number of primary amides is 1. The third-order valence-electron chi connectivity index (χ3n) is 2.61. The average Bonchev–Trinajstić information content (AvgIpc) is 2.81. The van der Waals surface area contributed by atoms with Crippen LogP contribution in [-0.2, 0) is 4.79 Å². The molecule has 1 aliphatic rings. The van der Waals surface area contributed by atoms with Gasteiger partial charge in [-0.2, -0.15) is 0 Å². The Hall–Kier alpha value is -2.24. The predicted octanol–water partition coefficient (Wildman–Crippen LogP) is 0.728. The van der Waals surface area contributed by atoms with E-state index in [0.29, 0.717) is 29.1 Å². The van der Waals surface area contributed by atoms with Gasteiger partial charge in [0, 0.05) is 6.07 Å². The highest BCUT2D eigenvalue weighted by atomic mass is 16.7. The molecular formula is C12H13NO5. The van der Waals surface area contributed by atoms with E-state index in [1.807, 2.05) is 0 Å². The standard InChI is InChI=1S/C12H13NO5/c1-7(12(13)15)5-16-9-3-11-10(17-6-18-11)2-8(9)4-14/h2-4,7H,5-6H2,1H3,(H2,13,15). The second-order valence-corrected chi connectivity index (χ2v) is 3.98. The summed E-state index contributed by atoms with van der Waals surface area (Å²) in [4.78, 5) is 21.8. The number of benzene rings is 1. The summed E-state index contributed by atoms with van der Waals surface area (Å²) in [5.41, 5.74) is 5.47. The molecule has 0 radical (unpaired) electrons. The van der Waals surface area contributed by atoms with Crippen LogP contribution in [0.5, 0.6) is 17.2 Å². The molecule has 1 unspecified atom stereocenters. The molecule has 1 aromatic carbocycles. The summed E-state index contributed by atoms with van der Waals surface area (Å²) in [5.74, 6) is 0.482. The number of aldehydes is 1. The highest BCUT2D eigenvalue weighted by Gasteiger charge is 2.19. The molecule has 1 amide bonds. The summed E-state index contributed by atoms with van der Waals surface area (Å²) >= 11 is 0. The van der Waals surface area contributed by atoms with E-state index in [-0.39, 0.29) is 13.4 Å². The van der Waals surface area contributed by atoms with Gasteiger partial charge in [0.1, 0.15) is 5.75 Å². The summed E-state index contributed by atoms with van der Waals surface area (Å²) in [6, 6.07) is 3.11. The first-order valence-corrected chi connectivity index (χ1v) is 5.42. The van der Waals surface area contributed by atoms with Crippen molar-refractivity contribution in [2.24, 2.45) is 11.7 Å². The zero-order chi connectivity index (χ0) is 13.1. The minimum absolute atomic E-state index is 0.107. The maximum absolute atomic E-state index is 10.9. The number of ether oxygens (including phenoxy) is 3. The molecule has 0 saturated carbocycles. The SMILES string of the molecule is CC(COc1cc2c(cc1C=O)OCO2)C(N)=O. The zero-order valence-electron chi connectivity index (χ0n) is 9.84. The van der Waals surface area contributed by atoms with E-state index >= 15 is 0 Å². The predicted molar refractivity (Wildman–Crippen MR) is 61.8 cm³/mol. The Kier molecular flexibility index (Phi) is 3.36. The van der Waals surface area contributed by atoms with Gasteiger partial charge in [-0.15, -0.1) is 0 Å². The topological polar surface area (TPSA) is 87.8 Å². The van der Waals surface area contributed by atoms with Crippen molar-refractivity contribution in [1.82, 2.24) is 0 Å². The Morgan fingerprint density at radius 2 is 2.17 bits per heavy atom. The second kappa shape index (κ2) is 4.95. The second-order valence-electron chi connectivity index (χ2n) is 3.98. The van der Waals surface area contributed by atoms with Gasteiger partial charge in [0.25, 0.3) is 0 Å². The van der Waals surface area contributed by atoms with E-state index in [4.69, 9.17) is 19.9 Å². The molecule has 0 fully saturated rings. The first-order valence-electron chi connectivity index (χ1n) is 5.42. The average molecular weight is 251 g/mol. The van der Waals surface area contributed by atoms with Gasteiger partial charge in [0.15, 0.2) is 17.8 Å². The minimum Gasteiger partial charge on any atom is -0.492 e. The lowest BCUT2D eigenvalue weighted by Crippen LogP contribution is -2.25. The number of carbonyl (C=O) groups is 2. The molecule has 2 N–H and O–H groups in total. The Balaban J connectivity index is 2.17. The number of hydrogen-bond donors (Lipinski definition) is 1. The van der Waals surface area contributed by atoms with Crippen LogP contribution >= 0.6 is 0 Å². The van der Waals surface area contributed by atoms with E-state index < -0.39 is 11.8 Å². The molecule has 1 aromatic rings. The molecule has 96 valence electrons. The van der Waals surface area contributed by atoms with Crippen molar-refractivity contribution in [2.45, 2.75) is 6.92 Å². The number of rotatable bonds is 5. The molecule has 2 rings (SSSR count). The molecule has 18 heavy (non-hydrogen) atoms. The fraction of sp³-hybridized carbons (Fsp3) is 0.333. The van der Waals surface area contributed by atoms with Crippen LogP contribution in [0.25, 0.3) is 0 Å². The zero-order valence-corrected chi connectivity index (χ0v) is 9.84. The largest absolute Gasteiger partial charge is 0.492 e. The first-order chi connectivity index (χ1) is 8.61. The Morgan fingerprint density at radius 3 is 2.78 bits per heavy atom. The van der Waals surface area contributed by atoms with Crippen LogP contribution < -0.4 is 19.9 Å². The summed E-state index contributed by atoms with van der Waals surface area (Å²) < 4.78 is 15.7. The quantitative estimate of drug-likeness (QED) is 0.779. The van der Waals surface area contributed by atoms with E-state index in [1.54, 1.807) is 19.1 Å². The lowest BCUT2D eigenvalue weighted by atomic mass is 10.1. The van der Waals surface area contributed by atoms with E-state index in [0.717, 1.165) is 0 Å². The van der Waals surface area contributed by atoms with Crippen molar-refractivity contribution in [3.05, 3.63) is 17.7 Å². The molecule has 0 aliphatic carbocycles. The van der Waals surface area contributed by atoms with Gasteiger partial charge in [0.05, 0.1) is 18.1 Å². The monoisotopic (exact) mass is 251 g/mol. The van der Waals surface area contributed by atoms with E-state index in [9.17, 15) is 9.59 Å². The number of amides is 1. The van der Waals surface area contributed by atoms with Crippen LogP contribution in [0.2, 0.25) is 0 Å². The molecule has 0 saturated heterocycles. The molecule has 0 bridgehead atoms. The van der Waals surface area contributed by atoms with Gasteiger partial charge in [0.2, 0.25) is 12.7 Å². The normalized spacial score (nSPS) is 14.1. The summed E-state index contributed by atoms with van der Waals surface area (Å²) in [7, 11) is 0. The molecule has 0 aromatic heterocycles. The highest BCUT2D eigenvalue weighted by Crippen LogP contribution is 2.37. The fourth-order valence-electron chi connectivity index (χ4n) is 1.45. The van der Waals surface area contributed by atoms with Crippen LogP contribution in [0.1, 0.15) is 17.3 Å². The molecule has 1 aliphatic heterocycles. The Labute approximate surface area is 104 Å². The Bertz CT molecular complexity index is 486. The molecular weight excluding hydrogens is 238 g/mol. The fourth-order valence-corrected chi connectivity index (χ4v) is 1.45. The van der Waals surface area contributed by atoms with Crippen LogP contribution in [0.3, 0.4) is 0 Å². The maximum Gasteiger partial charge on any atom is 0.231 e. The van der Waals surface area contributed by atoms with Gasteiger partial charge in [-0.05, 0) is 6.07 Å². The molecule has 6 heteroatoms. The third-order valence-corrected chi connectivity index (χ3v) is 2.61. The van der Waals surface area contributed by atoms with Crippen LogP contribution in [0.15, 0.2) is 12.1 Å². The van der Waals surface area contributed by atoms with Crippen molar-refractivity contribution in [3.63, 3.8) is 0 Å². The number of hydrogen-bond acceptors (Lipinski definition) is 5. The van der Waals surface area contributed by atoms with Gasteiger partial charge in [-0.1, -0.05) is 6.92 Å². The lowest BCUT2D eigenvalue weighted by molar-refractivity contribution is -0.122. The highest BCUT2D eigenvalue weighted by molar-refractivity contribution is 5.81. The van der Waals surface area contributed by atoms with E-state index in [2.05, 4.69) is 0 Å².